The van der Waals surface area contributed by atoms with Crippen molar-refractivity contribution in [3.05, 3.63) is 71.4 Å². The molecule has 2 aromatic carbocycles. The van der Waals surface area contributed by atoms with Crippen molar-refractivity contribution in [1.82, 2.24) is 15.6 Å². The maximum absolute atomic E-state index is 12.1. The molecular weight excluding hydrogens is 383 g/mol. The number of para-hydroxylation sites is 1. The van der Waals surface area contributed by atoms with Crippen LogP contribution in [0, 0.1) is 0 Å². The van der Waals surface area contributed by atoms with Crippen molar-refractivity contribution in [1.29, 1.82) is 0 Å². The van der Waals surface area contributed by atoms with Crippen LogP contribution in [-0.2, 0) is 24.3 Å². The third kappa shape index (κ3) is 6.53. The smallest absolute Gasteiger partial charge is 0.367 e. The predicted molar refractivity (Wildman–Crippen MR) is 104 cm³/mol. The van der Waals surface area contributed by atoms with Gasteiger partial charge in [-0.05, 0) is 29.2 Å². The Morgan fingerprint density at radius 1 is 1.00 bits per heavy atom. The van der Waals surface area contributed by atoms with Crippen LogP contribution in [-0.4, -0.2) is 30.3 Å². The number of carbonyl (C=O) groups excluding carboxylic acids is 1. The molecule has 1 heterocycles. The number of benzene rings is 2. The van der Waals surface area contributed by atoms with Gasteiger partial charge in [0.25, 0.3) is 0 Å². The highest BCUT2D eigenvalue weighted by atomic mass is 19.4. The van der Waals surface area contributed by atoms with Crippen LogP contribution < -0.4 is 10.6 Å². The summed E-state index contributed by atoms with van der Waals surface area (Å²) in [5.74, 6) is 0. The molecular formula is C21H22F3N3O2. The monoisotopic (exact) mass is 405 g/mol. The molecule has 5 nitrogen and oxygen atoms in total. The molecule has 0 bridgehead atoms. The molecule has 2 amide bonds. The fraction of sp³-hybridized carbons (Fsp3) is 0.286. The zero-order chi connectivity index (χ0) is 20.7. The van der Waals surface area contributed by atoms with Crippen LogP contribution in [0.1, 0.15) is 16.7 Å². The van der Waals surface area contributed by atoms with E-state index in [4.69, 9.17) is 0 Å². The van der Waals surface area contributed by atoms with E-state index in [1.165, 1.54) is 0 Å². The summed E-state index contributed by atoms with van der Waals surface area (Å²) in [5, 5.41) is 6.73. The Hall–Kier alpha value is -3.00. The Balaban J connectivity index is 1.37. The minimum Gasteiger partial charge on any atom is -0.367 e. The van der Waals surface area contributed by atoms with E-state index < -0.39 is 12.8 Å². The van der Waals surface area contributed by atoms with Gasteiger partial charge in [-0.25, -0.2) is 4.79 Å². The standard InChI is InChI=1S/C21H22F3N3O2/c22-21(23,24)14-29-13-16-7-5-15(6-8-16)11-27-20(28)25-10-9-17-12-26-19-4-2-1-3-18(17)19/h1-8,12,26H,9-11,13-14H2,(H2,25,27,28). The van der Waals surface area contributed by atoms with Crippen LogP contribution in [0.3, 0.4) is 0 Å². The number of urea groups is 1. The van der Waals surface area contributed by atoms with Gasteiger partial charge in [-0.1, -0.05) is 42.5 Å². The molecule has 0 radical (unpaired) electrons. The minimum atomic E-state index is -4.33. The van der Waals surface area contributed by atoms with E-state index in [9.17, 15) is 18.0 Å². The molecule has 0 aliphatic heterocycles. The summed E-state index contributed by atoms with van der Waals surface area (Å²) >= 11 is 0. The Morgan fingerprint density at radius 3 is 2.48 bits per heavy atom. The second kappa shape index (κ2) is 9.47. The number of H-pyrrole nitrogens is 1. The third-order valence-electron chi connectivity index (χ3n) is 4.37. The summed E-state index contributed by atoms with van der Waals surface area (Å²) in [6.07, 6.45) is -1.67. The summed E-state index contributed by atoms with van der Waals surface area (Å²) in [6, 6.07) is 14.6. The van der Waals surface area contributed by atoms with E-state index >= 15 is 0 Å². The maximum atomic E-state index is 12.1. The number of alkyl halides is 3. The van der Waals surface area contributed by atoms with E-state index in [-0.39, 0.29) is 12.6 Å². The molecule has 0 aliphatic rings. The van der Waals surface area contributed by atoms with Gasteiger partial charge in [0.1, 0.15) is 6.61 Å². The molecule has 3 rings (SSSR count). The van der Waals surface area contributed by atoms with Crippen LogP contribution in [0.15, 0.2) is 54.7 Å². The maximum Gasteiger partial charge on any atom is 0.411 e. The summed E-state index contributed by atoms with van der Waals surface area (Å²) in [5.41, 5.74) is 3.70. The van der Waals surface area contributed by atoms with Crippen LogP contribution in [0.2, 0.25) is 0 Å². The predicted octanol–water partition coefficient (Wildman–Crippen LogP) is 4.29. The summed E-state index contributed by atoms with van der Waals surface area (Å²) in [7, 11) is 0. The lowest BCUT2D eigenvalue weighted by molar-refractivity contribution is -0.176. The average molecular weight is 405 g/mol. The van der Waals surface area contributed by atoms with Crippen LogP contribution in [0.4, 0.5) is 18.0 Å². The zero-order valence-electron chi connectivity index (χ0n) is 15.7. The van der Waals surface area contributed by atoms with E-state index in [1.54, 1.807) is 24.3 Å². The number of fused-ring (bicyclic) bond motifs is 1. The number of hydrogen-bond acceptors (Lipinski definition) is 2. The number of carbonyl (C=O) groups is 1. The highest BCUT2D eigenvalue weighted by Crippen LogP contribution is 2.18. The lowest BCUT2D eigenvalue weighted by Gasteiger charge is -2.09. The SMILES string of the molecule is O=C(NCCc1c[nH]c2ccccc12)NCc1ccc(COCC(F)(F)F)cc1. The molecule has 1 aromatic heterocycles. The van der Waals surface area contributed by atoms with Gasteiger partial charge in [-0.2, -0.15) is 13.2 Å². The first kappa shape index (κ1) is 20.7. The van der Waals surface area contributed by atoms with E-state index in [2.05, 4.69) is 20.4 Å². The van der Waals surface area contributed by atoms with Crippen molar-refractivity contribution in [3.8, 4) is 0 Å². The first-order valence-corrected chi connectivity index (χ1v) is 9.20. The Kier molecular flexibility index (Phi) is 6.77. The molecule has 3 N–H and O–H groups in total. The Morgan fingerprint density at radius 2 is 1.72 bits per heavy atom. The first-order valence-electron chi connectivity index (χ1n) is 9.20. The molecule has 0 saturated carbocycles. The molecule has 0 unspecified atom stereocenters. The number of rotatable bonds is 8. The molecule has 0 aliphatic carbocycles. The summed E-state index contributed by atoms with van der Waals surface area (Å²) in [6.45, 7) is -0.553. The number of aromatic amines is 1. The van der Waals surface area contributed by atoms with Gasteiger partial charge in [0.2, 0.25) is 0 Å². The number of amides is 2. The van der Waals surface area contributed by atoms with Gasteiger partial charge in [0, 0.05) is 30.2 Å². The molecule has 29 heavy (non-hydrogen) atoms. The van der Waals surface area contributed by atoms with Crippen molar-refractivity contribution in [2.24, 2.45) is 0 Å². The zero-order valence-corrected chi connectivity index (χ0v) is 15.7. The van der Waals surface area contributed by atoms with Gasteiger partial charge in [-0.3, -0.25) is 0 Å². The van der Waals surface area contributed by atoms with Gasteiger partial charge >= 0.3 is 12.2 Å². The van der Waals surface area contributed by atoms with E-state index in [0.717, 1.165) is 22.0 Å². The summed E-state index contributed by atoms with van der Waals surface area (Å²) < 4.78 is 40.8. The van der Waals surface area contributed by atoms with Crippen molar-refractivity contribution in [3.63, 3.8) is 0 Å². The lowest BCUT2D eigenvalue weighted by Crippen LogP contribution is -2.36. The van der Waals surface area contributed by atoms with E-state index in [1.807, 2.05) is 30.5 Å². The van der Waals surface area contributed by atoms with Crippen molar-refractivity contribution >= 4 is 16.9 Å². The van der Waals surface area contributed by atoms with Crippen molar-refractivity contribution < 1.29 is 22.7 Å². The van der Waals surface area contributed by atoms with Gasteiger partial charge in [0.15, 0.2) is 0 Å². The fourth-order valence-electron chi connectivity index (χ4n) is 2.93. The Labute approximate surface area is 166 Å². The number of nitrogens with one attached hydrogen (secondary N) is 3. The highest BCUT2D eigenvalue weighted by Gasteiger charge is 2.27. The molecule has 0 saturated heterocycles. The topological polar surface area (TPSA) is 66.2 Å². The highest BCUT2D eigenvalue weighted by molar-refractivity contribution is 5.83. The molecule has 8 heteroatoms. The molecule has 3 aromatic rings. The molecule has 0 atom stereocenters. The van der Waals surface area contributed by atoms with Crippen LogP contribution in [0.5, 0.6) is 0 Å². The van der Waals surface area contributed by atoms with Gasteiger partial charge < -0.3 is 20.4 Å². The van der Waals surface area contributed by atoms with Crippen LogP contribution >= 0.6 is 0 Å². The molecule has 0 fully saturated rings. The van der Waals surface area contributed by atoms with E-state index in [0.29, 0.717) is 25.1 Å². The first-order chi connectivity index (χ1) is 13.9. The number of ether oxygens (including phenoxy) is 1. The fourth-order valence-corrected chi connectivity index (χ4v) is 2.93. The van der Waals surface area contributed by atoms with Crippen molar-refractivity contribution in [2.45, 2.75) is 25.7 Å². The second-order valence-corrected chi connectivity index (χ2v) is 6.64. The number of hydrogen-bond donors (Lipinski definition) is 3. The normalized spacial score (nSPS) is 11.6. The Bertz CT molecular complexity index is 936. The second-order valence-electron chi connectivity index (χ2n) is 6.64. The van der Waals surface area contributed by atoms with Gasteiger partial charge in [-0.15, -0.1) is 0 Å². The molecule has 0 spiro atoms. The number of aromatic nitrogens is 1. The minimum absolute atomic E-state index is 0.110. The summed E-state index contributed by atoms with van der Waals surface area (Å²) in [4.78, 5) is 15.2. The largest absolute Gasteiger partial charge is 0.411 e. The quantitative estimate of drug-likeness (QED) is 0.524. The third-order valence-corrected chi connectivity index (χ3v) is 4.37. The van der Waals surface area contributed by atoms with Crippen LogP contribution in [0.25, 0.3) is 10.9 Å². The van der Waals surface area contributed by atoms with Gasteiger partial charge in [0.05, 0.1) is 6.61 Å². The molecule has 154 valence electrons. The number of halogens is 3. The van der Waals surface area contributed by atoms with Crippen molar-refractivity contribution in [2.75, 3.05) is 13.2 Å². The lowest BCUT2D eigenvalue weighted by atomic mass is 10.1. The average Bonchev–Trinajstić information content (AvgIpc) is 3.10.